The van der Waals surface area contributed by atoms with E-state index < -0.39 is 36.0 Å². The summed E-state index contributed by atoms with van der Waals surface area (Å²) >= 11 is 0. The van der Waals surface area contributed by atoms with Crippen molar-refractivity contribution in [3.05, 3.63) is 80.4 Å². The first-order valence-electron chi connectivity index (χ1n) is 11.8. The standard InChI is InChI=1S/C28H28N2O7/c1-14-17(4)36-25-16(3)26-20(11-19(14)25)15(2)21(28(35)37-26)12-23(31)30-22(27(34)29-13-24(32)33)10-18-8-6-5-7-9-18/h5-9,11,22H,10,12-13H2,1-4H3,(H,29,34)(H,30,31)(H,32,33)/t22-/m0/s1. The molecule has 2 aromatic carbocycles. The van der Waals surface area contributed by atoms with Crippen LogP contribution in [-0.4, -0.2) is 35.5 Å². The number of rotatable bonds is 8. The molecule has 0 aliphatic carbocycles. The third-order valence-electron chi connectivity index (χ3n) is 6.63. The van der Waals surface area contributed by atoms with E-state index in [1.807, 2.05) is 32.9 Å². The molecule has 3 N–H and O–H groups in total. The predicted molar refractivity (Wildman–Crippen MR) is 138 cm³/mol. The first kappa shape index (κ1) is 25.7. The number of amides is 2. The molecular formula is C28H28N2O7. The van der Waals surface area contributed by atoms with Crippen LogP contribution in [0.4, 0.5) is 0 Å². The number of furan rings is 1. The Morgan fingerprint density at radius 1 is 0.919 bits per heavy atom. The van der Waals surface area contributed by atoms with Crippen LogP contribution >= 0.6 is 0 Å². The summed E-state index contributed by atoms with van der Waals surface area (Å²) in [4.78, 5) is 49.5. The van der Waals surface area contributed by atoms with Crippen LogP contribution in [0.1, 0.15) is 33.6 Å². The van der Waals surface area contributed by atoms with E-state index in [0.717, 1.165) is 22.3 Å². The first-order valence-corrected chi connectivity index (χ1v) is 11.8. The lowest BCUT2D eigenvalue weighted by Crippen LogP contribution is -2.49. The van der Waals surface area contributed by atoms with Gasteiger partial charge in [0.05, 0.1) is 12.0 Å². The zero-order valence-electron chi connectivity index (χ0n) is 21.1. The van der Waals surface area contributed by atoms with Crippen LogP contribution in [0.3, 0.4) is 0 Å². The van der Waals surface area contributed by atoms with Gasteiger partial charge < -0.3 is 24.6 Å². The van der Waals surface area contributed by atoms with Crippen LogP contribution in [0, 0.1) is 27.7 Å². The number of fused-ring (bicyclic) bond motifs is 2. The number of carbonyl (C=O) groups excluding carboxylic acids is 2. The van der Waals surface area contributed by atoms with Gasteiger partial charge in [0.25, 0.3) is 0 Å². The second kappa shape index (κ2) is 10.3. The SMILES string of the molecule is Cc1oc2c(C)c3oc(=O)c(CC(=O)N[C@@H](Cc4ccccc4)C(=O)NCC(=O)O)c(C)c3cc2c1C. The summed E-state index contributed by atoms with van der Waals surface area (Å²) in [6.45, 7) is 6.84. The summed E-state index contributed by atoms with van der Waals surface area (Å²) in [5.74, 6) is -1.62. The van der Waals surface area contributed by atoms with Crippen molar-refractivity contribution in [1.29, 1.82) is 0 Å². The van der Waals surface area contributed by atoms with E-state index in [0.29, 0.717) is 27.7 Å². The highest BCUT2D eigenvalue weighted by atomic mass is 16.4. The van der Waals surface area contributed by atoms with Crippen molar-refractivity contribution in [3.8, 4) is 0 Å². The smallest absolute Gasteiger partial charge is 0.340 e. The number of carboxylic acids is 1. The molecule has 0 fully saturated rings. The van der Waals surface area contributed by atoms with E-state index in [1.54, 1.807) is 31.2 Å². The van der Waals surface area contributed by atoms with Gasteiger partial charge in [-0.2, -0.15) is 0 Å². The quantitative estimate of drug-likeness (QED) is 0.313. The summed E-state index contributed by atoms with van der Waals surface area (Å²) in [5.41, 5.74) is 3.70. The van der Waals surface area contributed by atoms with Gasteiger partial charge in [0.2, 0.25) is 11.8 Å². The molecule has 0 saturated carbocycles. The monoisotopic (exact) mass is 504 g/mol. The molecule has 2 amide bonds. The molecule has 0 aliphatic rings. The number of aryl methyl sites for hydroxylation is 4. The molecule has 0 unspecified atom stereocenters. The molecule has 2 aromatic heterocycles. The van der Waals surface area contributed by atoms with Gasteiger partial charge >= 0.3 is 11.6 Å². The number of nitrogens with one attached hydrogen (secondary N) is 2. The van der Waals surface area contributed by atoms with Gasteiger partial charge in [-0.15, -0.1) is 0 Å². The Hall–Kier alpha value is -4.40. The highest BCUT2D eigenvalue weighted by molar-refractivity contribution is 6.00. The van der Waals surface area contributed by atoms with Gasteiger partial charge in [-0.1, -0.05) is 30.3 Å². The zero-order valence-corrected chi connectivity index (χ0v) is 21.1. The van der Waals surface area contributed by atoms with Gasteiger partial charge in [0.15, 0.2) is 0 Å². The number of carboxylic acid groups (broad SMARTS) is 1. The van der Waals surface area contributed by atoms with Crippen molar-refractivity contribution in [2.24, 2.45) is 0 Å². The molecule has 0 aliphatic heterocycles. The second-order valence-electron chi connectivity index (χ2n) is 9.13. The lowest BCUT2D eigenvalue weighted by molar-refractivity contribution is -0.138. The topological polar surface area (TPSA) is 139 Å². The summed E-state index contributed by atoms with van der Waals surface area (Å²) < 4.78 is 11.5. The molecule has 0 saturated heterocycles. The van der Waals surface area contributed by atoms with Crippen molar-refractivity contribution >= 4 is 39.7 Å². The number of hydrogen-bond acceptors (Lipinski definition) is 6. The van der Waals surface area contributed by atoms with E-state index in [4.69, 9.17) is 13.9 Å². The lowest BCUT2D eigenvalue weighted by atomic mass is 9.98. The van der Waals surface area contributed by atoms with Crippen LogP contribution in [0.25, 0.3) is 21.9 Å². The van der Waals surface area contributed by atoms with E-state index in [2.05, 4.69) is 10.6 Å². The summed E-state index contributed by atoms with van der Waals surface area (Å²) in [6.07, 6.45) is -0.151. The maximum Gasteiger partial charge on any atom is 0.340 e. The van der Waals surface area contributed by atoms with E-state index in [-0.39, 0.29) is 18.4 Å². The van der Waals surface area contributed by atoms with Crippen molar-refractivity contribution in [3.63, 3.8) is 0 Å². The maximum absolute atomic E-state index is 13.0. The Morgan fingerprint density at radius 3 is 2.24 bits per heavy atom. The number of aliphatic carboxylic acids is 1. The number of hydrogen-bond donors (Lipinski definition) is 3. The summed E-state index contributed by atoms with van der Waals surface area (Å²) in [7, 11) is 0. The van der Waals surface area contributed by atoms with Crippen LogP contribution in [-0.2, 0) is 27.2 Å². The van der Waals surface area contributed by atoms with Gasteiger partial charge in [-0.25, -0.2) is 4.79 Å². The zero-order chi connectivity index (χ0) is 26.9. The fourth-order valence-electron chi connectivity index (χ4n) is 4.45. The van der Waals surface area contributed by atoms with Crippen molar-refractivity contribution in [2.75, 3.05) is 6.54 Å². The molecule has 0 bridgehead atoms. The minimum atomic E-state index is -1.20. The van der Waals surface area contributed by atoms with Crippen LogP contribution in [0.15, 0.2) is 50.0 Å². The Labute approximate surface area is 212 Å². The van der Waals surface area contributed by atoms with Crippen LogP contribution < -0.4 is 16.3 Å². The van der Waals surface area contributed by atoms with Crippen LogP contribution in [0.2, 0.25) is 0 Å². The molecule has 192 valence electrons. The minimum Gasteiger partial charge on any atom is -0.480 e. The average Bonchev–Trinajstić information content (AvgIpc) is 3.15. The maximum atomic E-state index is 13.0. The third kappa shape index (κ3) is 5.25. The highest BCUT2D eigenvalue weighted by Gasteiger charge is 2.24. The average molecular weight is 505 g/mol. The van der Waals surface area contributed by atoms with Gasteiger partial charge in [0.1, 0.15) is 29.5 Å². The number of carbonyl (C=O) groups is 3. The second-order valence-corrected chi connectivity index (χ2v) is 9.13. The van der Waals surface area contributed by atoms with E-state index >= 15 is 0 Å². The molecular weight excluding hydrogens is 476 g/mol. The summed E-state index contributed by atoms with van der Waals surface area (Å²) in [6, 6.07) is 9.90. The molecule has 2 heterocycles. The minimum absolute atomic E-state index is 0.152. The molecule has 4 aromatic rings. The van der Waals surface area contributed by atoms with E-state index in [1.165, 1.54) is 0 Å². The van der Waals surface area contributed by atoms with Gasteiger partial charge in [-0.3, -0.25) is 14.4 Å². The fourth-order valence-corrected chi connectivity index (χ4v) is 4.45. The largest absolute Gasteiger partial charge is 0.480 e. The molecule has 4 rings (SSSR count). The Kier molecular flexibility index (Phi) is 7.15. The van der Waals surface area contributed by atoms with E-state index in [9.17, 15) is 19.2 Å². The molecule has 1 atom stereocenters. The Bertz CT molecular complexity index is 1580. The van der Waals surface area contributed by atoms with Crippen molar-refractivity contribution in [1.82, 2.24) is 10.6 Å². The Morgan fingerprint density at radius 2 is 1.57 bits per heavy atom. The lowest BCUT2D eigenvalue weighted by Gasteiger charge is -2.18. The fraction of sp³-hybridized carbons (Fsp3) is 0.286. The Balaban J connectivity index is 1.64. The third-order valence-corrected chi connectivity index (χ3v) is 6.63. The molecule has 37 heavy (non-hydrogen) atoms. The normalized spacial score (nSPS) is 12.0. The first-order chi connectivity index (χ1) is 17.6. The van der Waals surface area contributed by atoms with Crippen molar-refractivity contribution in [2.45, 2.75) is 46.6 Å². The van der Waals surface area contributed by atoms with Gasteiger partial charge in [-0.05, 0) is 50.5 Å². The molecule has 9 heteroatoms. The molecule has 9 nitrogen and oxygen atoms in total. The number of benzene rings is 2. The molecule has 0 radical (unpaired) electrons. The van der Waals surface area contributed by atoms with Crippen molar-refractivity contribution < 1.29 is 28.3 Å². The predicted octanol–water partition coefficient (Wildman–Crippen LogP) is 3.24. The molecule has 0 spiro atoms. The summed E-state index contributed by atoms with van der Waals surface area (Å²) in [5, 5.41) is 15.5. The highest BCUT2D eigenvalue weighted by Crippen LogP contribution is 2.34. The van der Waals surface area contributed by atoms with Gasteiger partial charge in [0, 0.05) is 22.8 Å². The van der Waals surface area contributed by atoms with Crippen LogP contribution in [0.5, 0.6) is 0 Å².